The molecule has 1 N–H and O–H groups in total. The van der Waals surface area contributed by atoms with E-state index >= 15 is 0 Å². The fourth-order valence-electron chi connectivity index (χ4n) is 3.41. The summed E-state index contributed by atoms with van der Waals surface area (Å²) < 4.78 is 4.96. The summed E-state index contributed by atoms with van der Waals surface area (Å²) in [6.45, 7) is 2.95. The van der Waals surface area contributed by atoms with Crippen molar-refractivity contribution in [1.82, 2.24) is 4.90 Å². The smallest absolute Gasteiger partial charge is 0.322 e. The molecule has 1 aromatic heterocycles. The molecule has 1 aliphatic heterocycles. The Bertz CT molecular complexity index is 743. The highest BCUT2D eigenvalue weighted by Gasteiger charge is 2.27. The highest BCUT2D eigenvalue weighted by atomic mass is 32.1. The predicted molar refractivity (Wildman–Crippen MR) is 108 cm³/mol. The summed E-state index contributed by atoms with van der Waals surface area (Å²) in [6.07, 6.45) is 4.60. The number of ether oxygens (including phenoxy) is 1. The van der Waals surface area contributed by atoms with Crippen LogP contribution >= 0.6 is 11.3 Å². The van der Waals surface area contributed by atoms with Crippen molar-refractivity contribution < 1.29 is 14.3 Å². The highest BCUT2D eigenvalue weighted by molar-refractivity contribution is 7.10. The number of likely N-dealkylation sites (tertiary alicyclic amines) is 1. The molecule has 0 saturated carbocycles. The van der Waals surface area contributed by atoms with Crippen LogP contribution in [0.15, 0.2) is 41.8 Å². The van der Waals surface area contributed by atoms with E-state index in [1.807, 2.05) is 35.2 Å². The largest absolute Gasteiger partial charge is 0.466 e. The molecular weight excluding hydrogens is 360 g/mol. The average molecular weight is 387 g/mol. The quantitative estimate of drug-likeness (QED) is 0.736. The third-order valence-corrected chi connectivity index (χ3v) is 5.72. The Balaban J connectivity index is 1.65. The first-order valence-electron chi connectivity index (χ1n) is 9.53. The summed E-state index contributed by atoms with van der Waals surface area (Å²) in [5.74, 6) is -0.238. The molecule has 1 fully saturated rings. The topological polar surface area (TPSA) is 58.6 Å². The summed E-state index contributed by atoms with van der Waals surface area (Å²) in [5, 5.41) is 5.08. The Labute approximate surface area is 164 Å². The maximum absolute atomic E-state index is 12.9. The second kappa shape index (κ2) is 9.55. The molecule has 0 bridgehead atoms. The van der Waals surface area contributed by atoms with E-state index in [2.05, 4.69) is 16.8 Å². The second-order valence-corrected chi connectivity index (χ2v) is 7.66. The van der Waals surface area contributed by atoms with Gasteiger partial charge in [-0.1, -0.05) is 31.0 Å². The van der Waals surface area contributed by atoms with Crippen LogP contribution in [0.3, 0.4) is 0 Å². The van der Waals surface area contributed by atoms with Crippen LogP contribution in [0.1, 0.15) is 49.1 Å². The van der Waals surface area contributed by atoms with Crippen molar-refractivity contribution in [2.45, 2.75) is 45.1 Å². The number of nitrogens with zero attached hydrogens (tertiary/aromatic N) is 1. The van der Waals surface area contributed by atoms with Gasteiger partial charge < -0.3 is 15.0 Å². The Morgan fingerprint density at radius 3 is 2.70 bits per heavy atom. The second-order valence-electron chi connectivity index (χ2n) is 6.68. The van der Waals surface area contributed by atoms with E-state index in [9.17, 15) is 9.59 Å². The van der Waals surface area contributed by atoms with Gasteiger partial charge in [-0.3, -0.25) is 4.79 Å². The zero-order chi connectivity index (χ0) is 19.1. The van der Waals surface area contributed by atoms with E-state index in [-0.39, 0.29) is 24.5 Å². The Morgan fingerprint density at radius 2 is 2.00 bits per heavy atom. The average Bonchev–Trinajstić information content (AvgIpc) is 3.07. The van der Waals surface area contributed by atoms with Crippen molar-refractivity contribution in [1.29, 1.82) is 0 Å². The standard InChI is InChI=1S/C21H26N2O3S/c1-2-26-20(24)15-16-9-11-17(12-10-16)22-21(25)23-13-5-3-4-7-18(23)19-8-6-14-27-19/h6,8-12,14,18H,2-5,7,13,15H2,1H3,(H,22,25)/t18-/m1/s1. The minimum absolute atomic E-state index is 0.0616. The Kier molecular flexibility index (Phi) is 6.87. The zero-order valence-electron chi connectivity index (χ0n) is 15.6. The van der Waals surface area contributed by atoms with Crippen LogP contribution in [0.2, 0.25) is 0 Å². The number of anilines is 1. The number of benzene rings is 1. The van der Waals surface area contributed by atoms with Crippen LogP contribution in [0.4, 0.5) is 10.5 Å². The van der Waals surface area contributed by atoms with Gasteiger partial charge in [-0.25, -0.2) is 4.79 Å². The molecule has 1 aliphatic rings. The zero-order valence-corrected chi connectivity index (χ0v) is 16.5. The van der Waals surface area contributed by atoms with Crippen molar-refractivity contribution in [3.63, 3.8) is 0 Å². The minimum Gasteiger partial charge on any atom is -0.466 e. The highest BCUT2D eigenvalue weighted by Crippen LogP contribution is 2.33. The summed E-state index contributed by atoms with van der Waals surface area (Å²) in [4.78, 5) is 27.7. The number of rotatable bonds is 5. The predicted octanol–water partition coefficient (Wildman–Crippen LogP) is 5.00. The van der Waals surface area contributed by atoms with Gasteiger partial charge in [-0.05, 0) is 48.9 Å². The maximum atomic E-state index is 12.9. The van der Waals surface area contributed by atoms with Gasteiger partial charge in [-0.15, -0.1) is 11.3 Å². The van der Waals surface area contributed by atoms with Gasteiger partial charge in [-0.2, -0.15) is 0 Å². The van der Waals surface area contributed by atoms with Crippen molar-refractivity contribution in [3.8, 4) is 0 Å². The van der Waals surface area contributed by atoms with E-state index in [4.69, 9.17) is 4.74 Å². The molecule has 0 radical (unpaired) electrons. The Morgan fingerprint density at radius 1 is 1.19 bits per heavy atom. The molecule has 144 valence electrons. The van der Waals surface area contributed by atoms with Gasteiger partial charge in [0.25, 0.3) is 0 Å². The molecule has 0 aliphatic carbocycles. The number of carbonyl (C=O) groups excluding carboxylic acids is 2. The Hall–Kier alpha value is -2.34. The molecule has 6 heteroatoms. The third-order valence-electron chi connectivity index (χ3n) is 4.74. The molecule has 5 nitrogen and oxygen atoms in total. The number of hydrogen-bond acceptors (Lipinski definition) is 4. The van der Waals surface area contributed by atoms with Gasteiger partial charge in [0.1, 0.15) is 0 Å². The van der Waals surface area contributed by atoms with Crippen LogP contribution in [-0.2, 0) is 16.0 Å². The lowest BCUT2D eigenvalue weighted by Crippen LogP contribution is -2.37. The van der Waals surface area contributed by atoms with Gasteiger partial charge in [0.2, 0.25) is 0 Å². The van der Waals surface area contributed by atoms with Crippen molar-refractivity contribution in [2.75, 3.05) is 18.5 Å². The van der Waals surface area contributed by atoms with Crippen LogP contribution in [0.25, 0.3) is 0 Å². The molecule has 1 atom stereocenters. The number of hydrogen-bond donors (Lipinski definition) is 1. The van der Waals surface area contributed by atoms with Crippen molar-refractivity contribution >= 4 is 29.0 Å². The number of urea groups is 1. The number of thiophene rings is 1. The summed E-state index contributed by atoms with van der Waals surface area (Å²) >= 11 is 1.71. The molecular formula is C21H26N2O3S. The van der Waals surface area contributed by atoms with Gasteiger partial charge >= 0.3 is 12.0 Å². The van der Waals surface area contributed by atoms with Gasteiger partial charge in [0.15, 0.2) is 0 Å². The van der Waals surface area contributed by atoms with E-state index < -0.39 is 0 Å². The van der Waals surface area contributed by atoms with Crippen LogP contribution in [0.5, 0.6) is 0 Å². The minimum atomic E-state index is -0.238. The maximum Gasteiger partial charge on any atom is 0.322 e. The first-order chi connectivity index (χ1) is 13.2. The molecule has 1 saturated heterocycles. The molecule has 1 aromatic carbocycles. The fourth-order valence-corrected chi connectivity index (χ4v) is 4.28. The molecule has 3 rings (SSSR count). The SMILES string of the molecule is CCOC(=O)Cc1ccc(NC(=O)N2CCCCC[C@@H]2c2cccs2)cc1. The molecule has 27 heavy (non-hydrogen) atoms. The number of amides is 2. The monoisotopic (exact) mass is 386 g/mol. The normalized spacial score (nSPS) is 17.2. The lowest BCUT2D eigenvalue weighted by atomic mass is 10.1. The van der Waals surface area contributed by atoms with E-state index in [1.165, 1.54) is 4.88 Å². The van der Waals surface area contributed by atoms with Crippen molar-refractivity contribution in [2.24, 2.45) is 0 Å². The van der Waals surface area contributed by atoms with Gasteiger partial charge in [0, 0.05) is 17.1 Å². The van der Waals surface area contributed by atoms with Crippen LogP contribution in [0, 0.1) is 0 Å². The molecule has 0 unspecified atom stereocenters. The summed E-state index contributed by atoms with van der Waals surface area (Å²) in [7, 11) is 0. The first-order valence-corrected chi connectivity index (χ1v) is 10.4. The number of carbonyl (C=O) groups is 2. The molecule has 2 heterocycles. The van der Waals surface area contributed by atoms with E-state index in [0.29, 0.717) is 6.61 Å². The van der Waals surface area contributed by atoms with E-state index in [1.54, 1.807) is 18.3 Å². The fraction of sp³-hybridized carbons (Fsp3) is 0.429. The lowest BCUT2D eigenvalue weighted by Gasteiger charge is -2.29. The van der Waals surface area contributed by atoms with Crippen LogP contribution < -0.4 is 5.32 Å². The van der Waals surface area contributed by atoms with Crippen molar-refractivity contribution in [3.05, 3.63) is 52.2 Å². The summed E-state index contributed by atoms with van der Waals surface area (Å²) in [5.41, 5.74) is 1.61. The number of nitrogens with one attached hydrogen (secondary N) is 1. The first kappa shape index (κ1) is 19.4. The third kappa shape index (κ3) is 5.32. The van der Waals surface area contributed by atoms with E-state index in [0.717, 1.165) is 43.5 Å². The van der Waals surface area contributed by atoms with Gasteiger partial charge in [0.05, 0.1) is 19.1 Å². The lowest BCUT2D eigenvalue weighted by molar-refractivity contribution is -0.142. The summed E-state index contributed by atoms with van der Waals surface area (Å²) in [6, 6.07) is 11.6. The number of esters is 1. The molecule has 0 spiro atoms. The van der Waals surface area contributed by atoms with Crippen LogP contribution in [-0.4, -0.2) is 30.1 Å². The molecule has 2 aromatic rings. The molecule has 2 amide bonds.